The summed E-state index contributed by atoms with van der Waals surface area (Å²) in [7, 11) is 0. The van der Waals surface area contributed by atoms with E-state index >= 15 is 4.39 Å². The molecule has 4 aromatic rings. The van der Waals surface area contributed by atoms with E-state index in [0.717, 1.165) is 28.8 Å². The summed E-state index contributed by atoms with van der Waals surface area (Å²) in [5.74, 6) is -1.03. The van der Waals surface area contributed by atoms with Gasteiger partial charge >= 0.3 is 6.61 Å². The standard InChI is InChI=1S/C26H21F4NO2/c1-2-32-20-9-11-23(31-15-20)19-8-10-21-18(14-19)7-6-17(25(21)28)5-3-16-4-12-24(22(27)13-16)33-26(29)30/h4,6-15,26H,2-3,5H2,1H3. The third-order valence-electron chi connectivity index (χ3n) is 5.27. The Kier molecular flexibility index (Phi) is 6.77. The fourth-order valence-corrected chi connectivity index (χ4v) is 3.66. The maximum atomic E-state index is 15.1. The van der Waals surface area contributed by atoms with Crippen LogP contribution in [-0.4, -0.2) is 18.2 Å². The van der Waals surface area contributed by atoms with Crippen LogP contribution in [0, 0.1) is 11.6 Å². The lowest BCUT2D eigenvalue weighted by Gasteiger charge is -2.10. The van der Waals surface area contributed by atoms with E-state index in [1.54, 1.807) is 18.3 Å². The first-order valence-electron chi connectivity index (χ1n) is 10.5. The second-order valence-corrected chi connectivity index (χ2v) is 7.43. The highest BCUT2D eigenvalue weighted by Gasteiger charge is 2.12. The Bertz CT molecular complexity index is 1260. The van der Waals surface area contributed by atoms with Crippen LogP contribution < -0.4 is 9.47 Å². The average Bonchev–Trinajstić information content (AvgIpc) is 2.80. The van der Waals surface area contributed by atoms with E-state index in [9.17, 15) is 13.2 Å². The van der Waals surface area contributed by atoms with E-state index in [1.807, 2.05) is 37.3 Å². The summed E-state index contributed by atoms with van der Waals surface area (Å²) in [5, 5.41) is 1.22. The van der Waals surface area contributed by atoms with Crippen LogP contribution in [0.5, 0.6) is 11.5 Å². The van der Waals surface area contributed by atoms with Crippen molar-refractivity contribution in [1.29, 1.82) is 0 Å². The number of halogens is 4. The Morgan fingerprint density at radius 3 is 2.45 bits per heavy atom. The van der Waals surface area contributed by atoms with Gasteiger partial charge in [-0.3, -0.25) is 4.98 Å². The molecule has 1 aromatic heterocycles. The molecule has 4 rings (SSSR count). The van der Waals surface area contributed by atoms with E-state index in [0.29, 0.717) is 41.7 Å². The zero-order valence-electron chi connectivity index (χ0n) is 17.8. The van der Waals surface area contributed by atoms with E-state index in [2.05, 4.69) is 9.72 Å². The second-order valence-electron chi connectivity index (χ2n) is 7.43. The molecule has 0 unspecified atom stereocenters. The highest BCUT2D eigenvalue weighted by Crippen LogP contribution is 2.28. The number of benzene rings is 3. The van der Waals surface area contributed by atoms with Gasteiger partial charge in [0, 0.05) is 10.9 Å². The molecule has 0 fully saturated rings. The number of ether oxygens (including phenoxy) is 2. The highest BCUT2D eigenvalue weighted by atomic mass is 19.3. The normalized spacial score (nSPS) is 11.2. The zero-order chi connectivity index (χ0) is 23.4. The van der Waals surface area contributed by atoms with E-state index in [-0.39, 0.29) is 5.82 Å². The van der Waals surface area contributed by atoms with Crippen LogP contribution in [0.25, 0.3) is 22.0 Å². The quantitative estimate of drug-likeness (QED) is 0.269. The summed E-state index contributed by atoms with van der Waals surface area (Å²) < 4.78 is 63.1. The van der Waals surface area contributed by atoms with Crippen molar-refractivity contribution in [1.82, 2.24) is 4.98 Å². The maximum Gasteiger partial charge on any atom is 0.387 e. The number of hydrogen-bond acceptors (Lipinski definition) is 3. The number of hydrogen-bond donors (Lipinski definition) is 0. The molecule has 170 valence electrons. The Hall–Kier alpha value is -3.61. The summed E-state index contributed by atoms with van der Waals surface area (Å²) in [6.07, 6.45) is 2.34. The first-order chi connectivity index (χ1) is 15.9. The monoisotopic (exact) mass is 455 g/mol. The Labute approximate surface area is 188 Å². The molecule has 0 saturated heterocycles. The van der Waals surface area contributed by atoms with Crippen LogP contribution in [0.4, 0.5) is 17.6 Å². The summed E-state index contributed by atoms with van der Waals surface area (Å²) in [6, 6.07) is 16.4. The largest absolute Gasteiger partial charge is 0.492 e. The molecule has 0 N–H and O–H groups in total. The number of nitrogens with zero attached hydrogens (tertiary/aromatic N) is 1. The first-order valence-corrected chi connectivity index (χ1v) is 10.5. The molecule has 0 spiro atoms. The highest BCUT2D eigenvalue weighted by molar-refractivity contribution is 5.88. The molecule has 3 aromatic carbocycles. The average molecular weight is 455 g/mol. The lowest BCUT2D eigenvalue weighted by atomic mass is 9.98. The third-order valence-corrected chi connectivity index (χ3v) is 5.27. The Morgan fingerprint density at radius 1 is 0.909 bits per heavy atom. The van der Waals surface area contributed by atoms with Crippen molar-refractivity contribution in [3.05, 3.63) is 89.6 Å². The first kappa shape index (κ1) is 22.6. The lowest BCUT2D eigenvalue weighted by Crippen LogP contribution is -2.04. The summed E-state index contributed by atoms with van der Waals surface area (Å²) in [4.78, 5) is 4.41. The predicted octanol–water partition coefficient (Wildman–Crippen LogP) is 6.97. The van der Waals surface area contributed by atoms with Crippen LogP contribution in [0.15, 0.2) is 66.9 Å². The van der Waals surface area contributed by atoms with Gasteiger partial charge in [0.1, 0.15) is 11.6 Å². The molecule has 0 saturated carbocycles. The predicted molar refractivity (Wildman–Crippen MR) is 119 cm³/mol. The van der Waals surface area contributed by atoms with Crippen molar-refractivity contribution in [3.8, 4) is 22.8 Å². The van der Waals surface area contributed by atoms with Gasteiger partial charge in [0.15, 0.2) is 11.6 Å². The number of alkyl halides is 2. The molecule has 3 nitrogen and oxygen atoms in total. The number of aromatic nitrogens is 1. The minimum Gasteiger partial charge on any atom is -0.492 e. The van der Waals surface area contributed by atoms with Crippen molar-refractivity contribution in [2.24, 2.45) is 0 Å². The second kappa shape index (κ2) is 9.90. The summed E-state index contributed by atoms with van der Waals surface area (Å²) in [6.45, 7) is -0.631. The SMILES string of the molecule is CCOc1ccc(-c2ccc3c(F)c(CCc4ccc(OC(F)F)c(F)c4)ccc3c2)nc1. The molecule has 0 aliphatic rings. The minimum atomic E-state index is -3.09. The number of pyridine rings is 1. The number of fused-ring (bicyclic) bond motifs is 1. The molecule has 0 atom stereocenters. The van der Waals surface area contributed by atoms with Gasteiger partial charge in [-0.15, -0.1) is 0 Å². The molecular formula is C26H21F4NO2. The minimum absolute atomic E-state index is 0.332. The van der Waals surface area contributed by atoms with Crippen molar-refractivity contribution in [2.45, 2.75) is 26.4 Å². The van der Waals surface area contributed by atoms with Crippen molar-refractivity contribution in [3.63, 3.8) is 0 Å². The van der Waals surface area contributed by atoms with Gasteiger partial charge in [-0.05, 0) is 66.6 Å². The van der Waals surface area contributed by atoms with E-state index in [1.165, 1.54) is 6.07 Å². The molecule has 0 aliphatic carbocycles. The molecule has 7 heteroatoms. The fourth-order valence-electron chi connectivity index (χ4n) is 3.66. The topological polar surface area (TPSA) is 31.4 Å². The molecule has 0 radical (unpaired) electrons. The van der Waals surface area contributed by atoms with Gasteiger partial charge in [0.25, 0.3) is 0 Å². The van der Waals surface area contributed by atoms with Crippen LogP contribution >= 0.6 is 0 Å². The van der Waals surface area contributed by atoms with E-state index < -0.39 is 18.2 Å². The van der Waals surface area contributed by atoms with Gasteiger partial charge in [-0.25, -0.2) is 8.78 Å². The van der Waals surface area contributed by atoms with Gasteiger partial charge in [0.05, 0.1) is 18.5 Å². The number of aryl methyl sites for hydroxylation is 2. The molecule has 0 bridgehead atoms. The molecule has 0 aliphatic heterocycles. The Balaban J connectivity index is 1.51. The van der Waals surface area contributed by atoms with Crippen LogP contribution in [0.3, 0.4) is 0 Å². The van der Waals surface area contributed by atoms with Crippen molar-refractivity contribution < 1.29 is 27.0 Å². The third kappa shape index (κ3) is 5.25. The summed E-state index contributed by atoms with van der Waals surface area (Å²) in [5.41, 5.74) is 2.67. The van der Waals surface area contributed by atoms with Gasteiger partial charge < -0.3 is 9.47 Å². The van der Waals surface area contributed by atoms with Crippen LogP contribution in [0.1, 0.15) is 18.1 Å². The van der Waals surface area contributed by atoms with Gasteiger partial charge in [-0.1, -0.05) is 30.3 Å². The lowest BCUT2D eigenvalue weighted by molar-refractivity contribution is -0.0522. The molecule has 33 heavy (non-hydrogen) atoms. The fraction of sp³-hybridized carbons (Fsp3) is 0.192. The Morgan fingerprint density at radius 2 is 1.76 bits per heavy atom. The maximum absolute atomic E-state index is 15.1. The summed E-state index contributed by atoms with van der Waals surface area (Å²) >= 11 is 0. The van der Waals surface area contributed by atoms with Crippen LogP contribution in [-0.2, 0) is 12.8 Å². The molecule has 1 heterocycles. The smallest absolute Gasteiger partial charge is 0.387 e. The van der Waals surface area contributed by atoms with Gasteiger partial charge in [-0.2, -0.15) is 8.78 Å². The number of rotatable bonds is 8. The van der Waals surface area contributed by atoms with Crippen LogP contribution in [0.2, 0.25) is 0 Å². The molecular weight excluding hydrogens is 434 g/mol. The van der Waals surface area contributed by atoms with Crippen molar-refractivity contribution >= 4 is 10.8 Å². The zero-order valence-corrected chi connectivity index (χ0v) is 17.8. The molecule has 0 amide bonds. The van der Waals surface area contributed by atoms with E-state index in [4.69, 9.17) is 4.74 Å². The van der Waals surface area contributed by atoms with Gasteiger partial charge in [0.2, 0.25) is 0 Å². The van der Waals surface area contributed by atoms with Crippen molar-refractivity contribution in [2.75, 3.05) is 6.61 Å².